The average molecular weight is 238 g/mol. The molecule has 16 heavy (non-hydrogen) atoms. The van der Waals surface area contributed by atoms with E-state index in [9.17, 15) is 0 Å². The Balaban J connectivity index is 1.96. The fourth-order valence-electron chi connectivity index (χ4n) is 1.88. The molecule has 86 valence electrons. The first-order valence-corrected chi connectivity index (χ1v) is 5.79. The molecule has 0 radical (unpaired) electrons. The zero-order valence-corrected chi connectivity index (χ0v) is 10.3. The second-order valence-electron chi connectivity index (χ2n) is 3.97. The lowest BCUT2D eigenvalue weighted by atomic mass is 10.1. The van der Waals surface area contributed by atoms with E-state index in [1.54, 1.807) is 7.05 Å². The number of guanidine groups is 1. The summed E-state index contributed by atoms with van der Waals surface area (Å²) in [7, 11) is 3.64. The number of hydrogen-bond acceptors (Lipinski definition) is 1. The van der Waals surface area contributed by atoms with Gasteiger partial charge in [0.2, 0.25) is 0 Å². The standard InChI is InChI=1S/C12H16ClN3/c1-14-12(15-2)16-11-7-10(11)8-4-3-5-9(13)6-8/h3-6,10-11H,7H2,1-2H3,(H2,14,15,16)/t10-,11+/m0/s1. The predicted molar refractivity (Wildman–Crippen MR) is 68.2 cm³/mol. The van der Waals surface area contributed by atoms with Crippen LogP contribution in [0.4, 0.5) is 0 Å². The van der Waals surface area contributed by atoms with Crippen molar-refractivity contribution in [1.29, 1.82) is 0 Å². The lowest BCUT2D eigenvalue weighted by Crippen LogP contribution is -2.36. The van der Waals surface area contributed by atoms with Gasteiger partial charge < -0.3 is 10.6 Å². The minimum absolute atomic E-state index is 0.476. The fraction of sp³-hybridized carbons (Fsp3) is 0.417. The third-order valence-corrected chi connectivity index (χ3v) is 3.08. The van der Waals surface area contributed by atoms with Crippen molar-refractivity contribution in [2.75, 3.05) is 14.1 Å². The minimum atomic E-state index is 0.476. The Morgan fingerprint density at radius 1 is 1.50 bits per heavy atom. The minimum Gasteiger partial charge on any atom is -0.359 e. The van der Waals surface area contributed by atoms with E-state index in [4.69, 9.17) is 11.6 Å². The van der Waals surface area contributed by atoms with Gasteiger partial charge in [-0.15, -0.1) is 0 Å². The summed E-state index contributed by atoms with van der Waals surface area (Å²) in [5, 5.41) is 7.18. The van der Waals surface area contributed by atoms with E-state index in [1.807, 2.05) is 25.2 Å². The van der Waals surface area contributed by atoms with Crippen LogP contribution in [0.2, 0.25) is 5.02 Å². The number of nitrogens with zero attached hydrogens (tertiary/aromatic N) is 1. The van der Waals surface area contributed by atoms with Gasteiger partial charge in [-0.1, -0.05) is 23.7 Å². The maximum atomic E-state index is 5.97. The van der Waals surface area contributed by atoms with Gasteiger partial charge in [-0.2, -0.15) is 0 Å². The van der Waals surface area contributed by atoms with Crippen molar-refractivity contribution in [2.24, 2.45) is 4.99 Å². The maximum Gasteiger partial charge on any atom is 0.190 e. The maximum absolute atomic E-state index is 5.97. The summed E-state index contributed by atoms with van der Waals surface area (Å²) >= 11 is 5.97. The first-order chi connectivity index (χ1) is 7.74. The molecule has 2 N–H and O–H groups in total. The van der Waals surface area contributed by atoms with Gasteiger partial charge in [-0.3, -0.25) is 4.99 Å². The highest BCUT2D eigenvalue weighted by Crippen LogP contribution is 2.41. The molecule has 0 spiro atoms. The Morgan fingerprint density at radius 3 is 2.94 bits per heavy atom. The zero-order valence-electron chi connectivity index (χ0n) is 9.50. The van der Waals surface area contributed by atoms with E-state index >= 15 is 0 Å². The van der Waals surface area contributed by atoms with Crippen LogP contribution in [-0.4, -0.2) is 26.1 Å². The molecule has 1 aliphatic carbocycles. The van der Waals surface area contributed by atoms with Crippen LogP contribution in [0, 0.1) is 0 Å². The molecule has 2 rings (SSSR count). The third-order valence-electron chi connectivity index (χ3n) is 2.85. The van der Waals surface area contributed by atoms with E-state index in [0.29, 0.717) is 12.0 Å². The summed E-state index contributed by atoms with van der Waals surface area (Å²) in [6.07, 6.45) is 1.14. The van der Waals surface area contributed by atoms with Gasteiger partial charge in [0.25, 0.3) is 0 Å². The Morgan fingerprint density at radius 2 is 2.31 bits per heavy atom. The smallest absolute Gasteiger partial charge is 0.190 e. The van der Waals surface area contributed by atoms with Gasteiger partial charge in [0.15, 0.2) is 5.96 Å². The molecule has 4 heteroatoms. The van der Waals surface area contributed by atoms with Gasteiger partial charge in [0.05, 0.1) is 0 Å². The number of benzene rings is 1. The lowest BCUT2D eigenvalue weighted by Gasteiger charge is -2.08. The lowest BCUT2D eigenvalue weighted by molar-refractivity contribution is 0.831. The summed E-state index contributed by atoms with van der Waals surface area (Å²) in [6, 6.07) is 8.54. The predicted octanol–water partition coefficient (Wildman–Crippen LogP) is 1.99. The van der Waals surface area contributed by atoms with E-state index in [1.165, 1.54) is 5.56 Å². The van der Waals surface area contributed by atoms with Crippen LogP contribution in [0.15, 0.2) is 29.3 Å². The molecule has 3 nitrogen and oxygen atoms in total. The second kappa shape index (κ2) is 4.74. The van der Waals surface area contributed by atoms with Crippen molar-refractivity contribution < 1.29 is 0 Å². The van der Waals surface area contributed by atoms with Crippen molar-refractivity contribution >= 4 is 17.6 Å². The Bertz CT molecular complexity index is 403. The van der Waals surface area contributed by atoms with Crippen molar-refractivity contribution in [3.05, 3.63) is 34.9 Å². The van der Waals surface area contributed by atoms with E-state index in [0.717, 1.165) is 17.4 Å². The summed E-state index contributed by atoms with van der Waals surface area (Å²) < 4.78 is 0. The Labute approximate surface area is 101 Å². The molecule has 1 aliphatic rings. The molecular formula is C12H16ClN3. The highest BCUT2D eigenvalue weighted by molar-refractivity contribution is 6.30. The molecule has 0 bridgehead atoms. The summed E-state index contributed by atoms with van der Waals surface area (Å²) in [5.41, 5.74) is 1.30. The molecule has 0 aliphatic heterocycles. The Kier molecular flexibility index (Phi) is 3.34. The summed E-state index contributed by atoms with van der Waals surface area (Å²) in [4.78, 5) is 4.10. The molecule has 1 aromatic carbocycles. The van der Waals surface area contributed by atoms with E-state index in [-0.39, 0.29) is 0 Å². The molecule has 2 atom stereocenters. The highest BCUT2D eigenvalue weighted by Gasteiger charge is 2.38. The van der Waals surface area contributed by atoms with Gasteiger partial charge >= 0.3 is 0 Å². The van der Waals surface area contributed by atoms with Gasteiger partial charge in [0, 0.05) is 31.1 Å². The summed E-state index contributed by atoms with van der Waals surface area (Å²) in [5.74, 6) is 1.40. The number of rotatable bonds is 2. The zero-order chi connectivity index (χ0) is 11.5. The second-order valence-corrected chi connectivity index (χ2v) is 4.41. The van der Waals surface area contributed by atoms with Crippen LogP contribution in [-0.2, 0) is 0 Å². The molecule has 0 saturated heterocycles. The first kappa shape index (κ1) is 11.3. The quantitative estimate of drug-likeness (QED) is 0.610. The van der Waals surface area contributed by atoms with Crippen molar-refractivity contribution in [3.8, 4) is 0 Å². The van der Waals surface area contributed by atoms with E-state index < -0.39 is 0 Å². The number of aliphatic imine (C=N–C) groups is 1. The highest BCUT2D eigenvalue weighted by atomic mass is 35.5. The van der Waals surface area contributed by atoms with Crippen molar-refractivity contribution in [2.45, 2.75) is 18.4 Å². The first-order valence-electron chi connectivity index (χ1n) is 5.41. The topological polar surface area (TPSA) is 36.4 Å². The van der Waals surface area contributed by atoms with Gasteiger partial charge in [0.1, 0.15) is 0 Å². The summed E-state index contributed by atoms with van der Waals surface area (Å²) in [6.45, 7) is 0. The normalized spacial score (nSPS) is 24.1. The van der Waals surface area contributed by atoms with Crippen LogP contribution in [0.3, 0.4) is 0 Å². The van der Waals surface area contributed by atoms with Crippen LogP contribution < -0.4 is 10.6 Å². The fourth-order valence-corrected chi connectivity index (χ4v) is 2.08. The van der Waals surface area contributed by atoms with Gasteiger partial charge in [-0.05, 0) is 24.1 Å². The monoisotopic (exact) mass is 237 g/mol. The van der Waals surface area contributed by atoms with Crippen LogP contribution in [0.1, 0.15) is 17.9 Å². The third kappa shape index (κ3) is 2.47. The number of hydrogen-bond donors (Lipinski definition) is 2. The van der Waals surface area contributed by atoms with Crippen LogP contribution in [0.25, 0.3) is 0 Å². The molecule has 0 heterocycles. The van der Waals surface area contributed by atoms with Crippen LogP contribution in [0.5, 0.6) is 0 Å². The molecule has 1 saturated carbocycles. The number of halogens is 1. The SMILES string of the molecule is CN=C(NC)N[C@@H]1C[C@H]1c1cccc(Cl)c1. The number of nitrogens with one attached hydrogen (secondary N) is 2. The molecule has 0 amide bonds. The van der Waals surface area contributed by atoms with Crippen LogP contribution >= 0.6 is 11.6 Å². The average Bonchev–Trinajstić information content (AvgIpc) is 3.05. The van der Waals surface area contributed by atoms with Crippen molar-refractivity contribution in [1.82, 2.24) is 10.6 Å². The molecular weight excluding hydrogens is 222 g/mol. The van der Waals surface area contributed by atoms with Crippen molar-refractivity contribution in [3.63, 3.8) is 0 Å². The Hall–Kier alpha value is -1.22. The molecule has 0 aromatic heterocycles. The molecule has 1 fully saturated rings. The van der Waals surface area contributed by atoms with E-state index in [2.05, 4.69) is 21.7 Å². The molecule has 1 aromatic rings. The molecule has 0 unspecified atom stereocenters. The van der Waals surface area contributed by atoms with Gasteiger partial charge in [-0.25, -0.2) is 0 Å². The largest absolute Gasteiger partial charge is 0.359 e.